The number of carbonyl (C=O) groups is 1. The van der Waals surface area contributed by atoms with E-state index < -0.39 is 7.12 Å². The highest BCUT2D eigenvalue weighted by Crippen LogP contribution is 2.38. The van der Waals surface area contributed by atoms with Crippen molar-refractivity contribution in [3.8, 4) is 0 Å². The normalized spacial score (nSPS) is 22.0. The molecule has 4 aromatic heterocycles. The molecule has 0 unspecified atom stereocenters. The highest BCUT2D eigenvalue weighted by atomic mass is 16.7. The number of amides is 1. The molecule has 1 amide bonds. The van der Waals surface area contributed by atoms with Gasteiger partial charge in [0, 0.05) is 88.1 Å². The smallest absolute Gasteiger partial charge is 0.450 e. The van der Waals surface area contributed by atoms with Gasteiger partial charge in [-0.15, -0.1) is 0 Å². The van der Waals surface area contributed by atoms with E-state index in [0.29, 0.717) is 19.7 Å². The Morgan fingerprint density at radius 3 is 1.53 bits per heavy atom. The molecule has 4 aromatic rings. The third kappa shape index (κ3) is 7.23. The number of hydrogen-bond acceptors (Lipinski definition) is 11. The fourth-order valence-electron chi connectivity index (χ4n) is 7.04. The number of rotatable bonds is 5. The lowest BCUT2D eigenvalue weighted by atomic mass is 9.81. The van der Waals surface area contributed by atoms with Crippen LogP contribution >= 0.6 is 0 Å². The van der Waals surface area contributed by atoms with E-state index in [2.05, 4.69) is 98.9 Å². The van der Waals surface area contributed by atoms with Gasteiger partial charge in [-0.3, -0.25) is 0 Å². The first-order chi connectivity index (χ1) is 25.1. The van der Waals surface area contributed by atoms with Crippen LogP contribution in [0.15, 0.2) is 49.1 Å². The fourth-order valence-corrected chi connectivity index (χ4v) is 7.04. The molecular formula is C37H54B2N8O6. The number of fused-ring (bicyclic) bond motifs is 2. The summed E-state index contributed by atoms with van der Waals surface area (Å²) in [6, 6.07) is 8.34. The maximum absolute atomic E-state index is 12.0. The quantitative estimate of drug-likeness (QED) is 0.306. The Balaban J connectivity index is 0.000000167. The van der Waals surface area contributed by atoms with Crippen molar-refractivity contribution in [1.82, 2.24) is 29.4 Å². The van der Waals surface area contributed by atoms with E-state index in [0.717, 1.165) is 66.9 Å². The first kappa shape index (κ1) is 37.5. The molecule has 0 spiro atoms. The summed E-state index contributed by atoms with van der Waals surface area (Å²) in [5, 5.41) is 12.3. The predicted octanol–water partition coefficient (Wildman–Crippen LogP) is 2.96. The molecule has 0 atom stereocenters. The van der Waals surface area contributed by atoms with Gasteiger partial charge in [-0.25, -0.2) is 13.8 Å². The van der Waals surface area contributed by atoms with Crippen molar-refractivity contribution in [2.45, 2.75) is 84.7 Å². The van der Waals surface area contributed by atoms with Crippen molar-refractivity contribution >= 4 is 53.7 Å². The maximum Gasteiger partial charge on any atom is 0.496 e. The first-order valence-electron chi connectivity index (χ1n) is 18.9. The number of hydrogen-bond donors (Lipinski definition) is 1. The van der Waals surface area contributed by atoms with Crippen LogP contribution in [-0.2, 0) is 23.4 Å². The Labute approximate surface area is 313 Å². The number of carbonyl (C=O) groups excluding carboxylic acids is 1. The van der Waals surface area contributed by atoms with Crippen LogP contribution in [0.2, 0.25) is 0 Å². The van der Waals surface area contributed by atoms with Crippen LogP contribution in [0.1, 0.15) is 62.3 Å². The molecule has 0 bridgehead atoms. The Morgan fingerprint density at radius 1 is 0.698 bits per heavy atom. The van der Waals surface area contributed by atoms with Crippen LogP contribution in [-0.4, -0.2) is 126 Å². The van der Waals surface area contributed by atoms with Crippen molar-refractivity contribution in [2.75, 3.05) is 68.8 Å². The Hall–Kier alpha value is -3.82. The molecule has 0 saturated carbocycles. The highest BCUT2D eigenvalue weighted by molar-refractivity contribution is 6.62. The zero-order chi connectivity index (χ0) is 37.8. The monoisotopic (exact) mass is 728 g/mol. The summed E-state index contributed by atoms with van der Waals surface area (Å²) in [5.74, 6) is 0. The van der Waals surface area contributed by atoms with Crippen LogP contribution in [0.25, 0.3) is 11.0 Å². The van der Waals surface area contributed by atoms with Crippen molar-refractivity contribution in [1.29, 1.82) is 0 Å². The summed E-state index contributed by atoms with van der Waals surface area (Å²) in [6.07, 6.45) is 7.41. The molecule has 1 N–H and O–H groups in total. The molecule has 14 nitrogen and oxygen atoms in total. The maximum atomic E-state index is 12.0. The third-order valence-corrected chi connectivity index (χ3v) is 11.7. The Bertz CT molecular complexity index is 1900. The number of ether oxygens (including phenoxy) is 1. The molecule has 4 aliphatic heterocycles. The summed E-state index contributed by atoms with van der Waals surface area (Å²) in [6.45, 7) is 25.5. The van der Waals surface area contributed by atoms with Gasteiger partial charge in [-0.2, -0.15) is 10.2 Å². The Kier molecular flexibility index (Phi) is 9.98. The zero-order valence-corrected chi connectivity index (χ0v) is 32.7. The summed E-state index contributed by atoms with van der Waals surface area (Å²) >= 11 is 0. The van der Waals surface area contributed by atoms with Crippen LogP contribution in [0.3, 0.4) is 0 Å². The van der Waals surface area contributed by atoms with Crippen LogP contribution in [0.4, 0.5) is 16.2 Å². The Morgan fingerprint density at radius 2 is 1.11 bits per heavy atom. The van der Waals surface area contributed by atoms with E-state index in [1.807, 2.05) is 40.6 Å². The van der Waals surface area contributed by atoms with Crippen molar-refractivity contribution in [2.24, 2.45) is 0 Å². The van der Waals surface area contributed by atoms with Crippen molar-refractivity contribution in [3.05, 3.63) is 49.1 Å². The lowest BCUT2D eigenvalue weighted by Gasteiger charge is -2.35. The third-order valence-electron chi connectivity index (χ3n) is 11.7. The number of nitrogens with zero attached hydrogens (tertiary/aromatic N) is 7. The minimum Gasteiger partial charge on any atom is -0.450 e. The summed E-state index contributed by atoms with van der Waals surface area (Å²) in [7, 11) is -0.775. The summed E-state index contributed by atoms with van der Waals surface area (Å²) in [4.78, 5) is 18.4. The van der Waals surface area contributed by atoms with E-state index in [1.54, 1.807) is 11.1 Å². The first-order valence-corrected chi connectivity index (χ1v) is 18.9. The molecule has 0 aromatic carbocycles. The topological polar surface area (TPSA) is 120 Å². The van der Waals surface area contributed by atoms with Gasteiger partial charge in [-0.1, -0.05) is 0 Å². The molecule has 284 valence electrons. The molecular weight excluding hydrogens is 674 g/mol. The number of nitrogens with one attached hydrogen (secondary N) is 1. The van der Waals surface area contributed by atoms with Gasteiger partial charge in [0.15, 0.2) is 0 Å². The molecule has 0 aliphatic carbocycles. The molecule has 16 heteroatoms. The minimum atomic E-state index is -0.421. The molecule has 53 heavy (non-hydrogen) atoms. The van der Waals surface area contributed by atoms with Gasteiger partial charge in [0.05, 0.1) is 51.4 Å². The second-order valence-electron chi connectivity index (χ2n) is 16.2. The van der Waals surface area contributed by atoms with E-state index >= 15 is 0 Å². The average Bonchev–Trinajstić information content (AvgIpc) is 3.86. The van der Waals surface area contributed by atoms with Crippen molar-refractivity contribution < 1.29 is 28.1 Å². The largest absolute Gasteiger partial charge is 0.496 e. The predicted molar refractivity (Wildman–Crippen MR) is 208 cm³/mol. The van der Waals surface area contributed by atoms with Gasteiger partial charge in [0.2, 0.25) is 0 Å². The molecule has 0 radical (unpaired) electrons. The standard InChI is InChI=1S/C20H29BN4O4.C17H25BN4O2/c1-6-27-18(26)24-11-9-23(10-12-24)16-7-8-22-25-14-15(13-17(16)25)21-28-19(2,3)20(4,5)29-21;1-16(2)17(3,4)24-18(23-16)13-11-15-14(5-6-20-22(15)12-13)21-9-7-19-8-10-21/h7-8,13-14H,6,9-12H2,1-5H3;5-6,11-12,19H,7-10H2,1-4H3. The van der Waals surface area contributed by atoms with Crippen LogP contribution in [0.5, 0.6) is 0 Å². The van der Waals surface area contributed by atoms with Gasteiger partial charge >= 0.3 is 20.3 Å². The second kappa shape index (κ2) is 14.1. The van der Waals surface area contributed by atoms with Gasteiger partial charge in [0.25, 0.3) is 0 Å². The number of aromatic nitrogens is 4. The molecule has 4 saturated heterocycles. The minimum absolute atomic E-state index is 0.238. The van der Waals surface area contributed by atoms with E-state index in [4.69, 9.17) is 23.4 Å². The highest BCUT2D eigenvalue weighted by Gasteiger charge is 2.53. The molecule has 8 rings (SSSR count). The van der Waals surface area contributed by atoms with Crippen molar-refractivity contribution in [3.63, 3.8) is 0 Å². The molecule has 8 heterocycles. The van der Waals surface area contributed by atoms with E-state index in [1.165, 1.54) is 5.69 Å². The lowest BCUT2D eigenvalue weighted by molar-refractivity contribution is 0.00578. The van der Waals surface area contributed by atoms with Gasteiger partial charge < -0.3 is 43.4 Å². The SMILES string of the molecule is CC1(C)OB(c2cc3c(N4CCNCC4)ccnn3c2)OC1(C)C.CCOC(=O)N1CCN(c2ccnn3cc(B4OC(C)(C)C(C)(C)O4)cc23)CC1. The molecule has 4 fully saturated rings. The lowest BCUT2D eigenvalue weighted by Crippen LogP contribution is -2.49. The zero-order valence-electron chi connectivity index (χ0n) is 32.7. The fraction of sp³-hybridized carbons (Fsp3) is 0.595. The van der Waals surface area contributed by atoms with E-state index in [-0.39, 0.29) is 35.6 Å². The summed E-state index contributed by atoms with van der Waals surface area (Å²) in [5.41, 5.74) is 4.95. The van der Waals surface area contributed by atoms with Crippen LogP contribution in [0, 0.1) is 0 Å². The van der Waals surface area contributed by atoms with Crippen LogP contribution < -0.4 is 26.0 Å². The van der Waals surface area contributed by atoms with E-state index in [9.17, 15) is 4.79 Å². The van der Waals surface area contributed by atoms with Gasteiger partial charge in [-0.05, 0) is 86.6 Å². The summed E-state index contributed by atoms with van der Waals surface area (Å²) < 4.78 is 33.7. The van der Waals surface area contributed by atoms with Gasteiger partial charge in [0.1, 0.15) is 0 Å². The number of piperazine rings is 2. The molecule has 4 aliphatic rings. The average molecular weight is 729 g/mol. The second-order valence-corrected chi connectivity index (χ2v) is 16.2. The number of anilines is 2.